The lowest BCUT2D eigenvalue weighted by atomic mass is 10.2. The van der Waals surface area contributed by atoms with E-state index in [9.17, 15) is 14.3 Å². The van der Waals surface area contributed by atoms with Gasteiger partial charge in [-0.3, -0.25) is 0 Å². The van der Waals surface area contributed by atoms with Gasteiger partial charge in [-0.25, -0.2) is 14.2 Å². The van der Waals surface area contributed by atoms with E-state index in [-0.39, 0.29) is 17.1 Å². The molecule has 0 spiro atoms. The summed E-state index contributed by atoms with van der Waals surface area (Å²) in [5.74, 6) is -1.24. The second-order valence-electron chi connectivity index (χ2n) is 5.26. The first kappa shape index (κ1) is 17.0. The number of aryl methyl sites for hydroxylation is 1. The van der Waals surface area contributed by atoms with E-state index in [2.05, 4.69) is 4.99 Å². The molecule has 0 amide bonds. The summed E-state index contributed by atoms with van der Waals surface area (Å²) in [7, 11) is 3.11. The average Bonchev–Trinajstić information content (AvgIpc) is 3.13. The van der Waals surface area contributed by atoms with Gasteiger partial charge in [0.1, 0.15) is 22.2 Å². The molecule has 25 heavy (non-hydrogen) atoms. The topological polar surface area (TPSA) is 63.8 Å². The standard InChI is InChI=1S/C18H15FN2O3S/c1-21-9-3-4-13(21)10-14-16(22)15(18(23)24-2)17(25-14)20-12-7-5-11(19)6-8-12/h3-10,22H,1-2H3/b14-10+,20-17?. The molecule has 1 aliphatic rings. The van der Waals surface area contributed by atoms with E-state index < -0.39 is 5.97 Å². The molecule has 5 nitrogen and oxygen atoms in total. The van der Waals surface area contributed by atoms with Crippen molar-refractivity contribution in [2.24, 2.45) is 12.0 Å². The number of aliphatic hydroxyl groups excluding tert-OH is 1. The number of hydrogen-bond acceptors (Lipinski definition) is 5. The van der Waals surface area contributed by atoms with E-state index in [1.165, 1.54) is 31.4 Å². The number of rotatable bonds is 3. The number of ether oxygens (including phenoxy) is 1. The number of esters is 1. The molecule has 0 aliphatic carbocycles. The van der Waals surface area contributed by atoms with Crippen LogP contribution in [0.2, 0.25) is 0 Å². The Balaban J connectivity index is 2.04. The minimum absolute atomic E-state index is 0.00251. The van der Waals surface area contributed by atoms with E-state index in [1.54, 1.807) is 6.08 Å². The lowest BCUT2D eigenvalue weighted by Gasteiger charge is -2.01. The molecule has 2 heterocycles. The highest BCUT2D eigenvalue weighted by Gasteiger charge is 2.33. The van der Waals surface area contributed by atoms with Crippen LogP contribution in [-0.2, 0) is 16.6 Å². The Bertz CT molecular complexity index is 911. The van der Waals surface area contributed by atoms with Gasteiger partial charge in [0, 0.05) is 18.9 Å². The van der Waals surface area contributed by atoms with Crippen molar-refractivity contribution in [3.63, 3.8) is 0 Å². The molecule has 1 aliphatic heterocycles. The Morgan fingerprint density at radius 1 is 1.32 bits per heavy atom. The number of hydrogen-bond donors (Lipinski definition) is 1. The van der Waals surface area contributed by atoms with Gasteiger partial charge in [-0.05, 0) is 42.5 Å². The predicted octanol–water partition coefficient (Wildman–Crippen LogP) is 3.97. The van der Waals surface area contributed by atoms with Gasteiger partial charge in [0.2, 0.25) is 0 Å². The molecule has 2 aromatic rings. The summed E-state index contributed by atoms with van der Waals surface area (Å²) in [6, 6.07) is 9.30. The van der Waals surface area contributed by atoms with Gasteiger partial charge in [-0.1, -0.05) is 11.8 Å². The number of carbonyl (C=O) groups is 1. The molecule has 0 bridgehead atoms. The summed E-state index contributed by atoms with van der Waals surface area (Å²) in [6.07, 6.45) is 3.64. The van der Waals surface area contributed by atoms with Crippen LogP contribution in [0.5, 0.6) is 0 Å². The van der Waals surface area contributed by atoms with Crippen molar-refractivity contribution in [1.29, 1.82) is 0 Å². The molecule has 1 aromatic heterocycles. The summed E-state index contributed by atoms with van der Waals surface area (Å²) in [5, 5.41) is 10.8. The molecular weight excluding hydrogens is 343 g/mol. The molecule has 0 fully saturated rings. The molecule has 1 aromatic carbocycles. The van der Waals surface area contributed by atoms with Crippen molar-refractivity contribution in [2.45, 2.75) is 0 Å². The van der Waals surface area contributed by atoms with Crippen LogP contribution in [0.25, 0.3) is 6.08 Å². The lowest BCUT2D eigenvalue weighted by Crippen LogP contribution is -2.10. The van der Waals surface area contributed by atoms with Crippen LogP contribution in [0.3, 0.4) is 0 Å². The van der Waals surface area contributed by atoms with Crippen molar-refractivity contribution >= 4 is 34.5 Å². The van der Waals surface area contributed by atoms with Gasteiger partial charge in [-0.2, -0.15) is 0 Å². The first-order chi connectivity index (χ1) is 12.0. The van der Waals surface area contributed by atoms with Crippen LogP contribution >= 0.6 is 11.8 Å². The molecular formula is C18H15FN2O3S. The minimum Gasteiger partial charge on any atom is -0.506 e. The van der Waals surface area contributed by atoms with Crippen molar-refractivity contribution in [3.05, 3.63) is 70.3 Å². The Morgan fingerprint density at radius 2 is 2.04 bits per heavy atom. The highest BCUT2D eigenvalue weighted by Crippen LogP contribution is 2.40. The number of thioether (sulfide) groups is 1. The number of carbonyl (C=O) groups excluding carboxylic acids is 1. The second kappa shape index (κ2) is 6.98. The Kier molecular flexibility index (Phi) is 4.76. The highest BCUT2D eigenvalue weighted by atomic mass is 32.2. The maximum absolute atomic E-state index is 13.0. The van der Waals surface area contributed by atoms with Gasteiger partial charge in [0.05, 0.1) is 17.7 Å². The minimum atomic E-state index is -0.679. The number of benzene rings is 1. The monoisotopic (exact) mass is 358 g/mol. The molecule has 0 atom stereocenters. The first-order valence-corrected chi connectivity index (χ1v) is 8.18. The zero-order valence-electron chi connectivity index (χ0n) is 13.6. The molecule has 0 saturated heterocycles. The maximum Gasteiger partial charge on any atom is 0.344 e. The van der Waals surface area contributed by atoms with Crippen LogP contribution in [0.15, 0.2) is 63.8 Å². The van der Waals surface area contributed by atoms with E-state index in [0.717, 1.165) is 17.5 Å². The number of aliphatic imine (C=N–C) groups is 1. The number of aromatic nitrogens is 1. The maximum atomic E-state index is 13.0. The fourth-order valence-corrected chi connectivity index (χ4v) is 3.30. The van der Waals surface area contributed by atoms with E-state index in [0.29, 0.717) is 15.6 Å². The van der Waals surface area contributed by atoms with Gasteiger partial charge in [-0.15, -0.1) is 0 Å². The van der Waals surface area contributed by atoms with Gasteiger partial charge >= 0.3 is 5.97 Å². The number of aliphatic hydroxyl groups is 1. The van der Waals surface area contributed by atoms with Gasteiger partial charge in [0.15, 0.2) is 0 Å². The van der Waals surface area contributed by atoms with Crippen LogP contribution in [0.1, 0.15) is 5.69 Å². The Morgan fingerprint density at radius 3 is 2.64 bits per heavy atom. The van der Waals surface area contributed by atoms with Crippen LogP contribution in [-0.4, -0.2) is 27.8 Å². The molecule has 1 N–H and O–H groups in total. The van der Waals surface area contributed by atoms with Gasteiger partial charge in [0.25, 0.3) is 0 Å². The van der Waals surface area contributed by atoms with Crippen molar-refractivity contribution in [3.8, 4) is 0 Å². The zero-order valence-corrected chi connectivity index (χ0v) is 14.4. The van der Waals surface area contributed by atoms with Crippen LogP contribution in [0.4, 0.5) is 10.1 Å². The third-order valence-corrected chi connectivity index (χ3v) is 4.62. The molecule has 7 heteroatoms. The molecule has 128 valence electrons. The smallest absolute Gasteiger partial charge is 0.344 e. The van der Waals surface area contributed by atoms with E-state index >= 15 is 0 Å². The molecule has 0 unspecified atom stereocenters. The highest BCUT2D eigenvalue weighted by molar-refractivity contribution is 8.18. The number of halogens is 1. The predicted molar refractivity (Wildman–Crippen MR) is 96.1 cm³/mol. The summed E-state index contributed by atoms with van der Waals surface area (Å²) in [5.41, 5.74) is 1.33. The SMILES string of the molecule is COC(=O)C1=C(O)/C(=C\c2cccn2C)SC1=Nc1ccc(F)cc1. The summed E-state index contributed by atoms with van der Waals surface area (Å²) >= 11 is 1.16. The van der Waals surface area contributed by atoms with Crippen molar-refractivity contribution < 1.29 is 19.0 Å². The molecule has 0 radical (unpaired) electrons. The van der Waals surface area contributed by atoms with Crippen LogP contribution in [0, 0.1) is 5.82 Å². The quantitative estimate of drug-likeness (QED) is 0.844. The fourth-order valence-electron chi connectivity index (χ4n) is 2.28. The van der Waals surface area contributed by atoms with E-state index in [4.69, 9.17) is 4.74 Å². The molecule has 0 saturated carbocycles. The zero-order chi connectivity index (χ0) is 18.0. The number of nitrogens with zero attached hydrogens (tertiary/aromatic N) is 2. The summed E-state index contributed by atoms with van der Waals surface area (Å²) < 4.78 is 19.7. The van der Waals surface area contributed by atoms with E-state index in [1.807, 2.05) is 29.9 Å². The third kappa shape index (κ3) is 3.51. The second-order valence-corrected chi connectivity index (χ2v) is 6.29. The van der Waals surface area contributed by atoms with Crippen molar-refractivity contribution in [1.82, 2.24) is 4.57 Å². The summed E-state index contributed by atoms with van der Waals surface area (Å²) in [4.78, 5) is 16.9. The third-order valence-electron chi connectivity index (χ3n) is 3.60. The first-order valence-electron chi connectivity index (χ1n) is 7.37. The van der Waals surface area contributed by atoms with Gasteiger partial charge < -0.3 is 14.4 Å². The Labute approximate surface area is 148 Å². The fraction of sp³-hybridized carbons (Fsp3) is 0.111. The molecule has 3 rings (SSSR count). The summed E-state index contributed by atoms with van der Waals surface area (Å²) in [6.45, 7) is 0. The van der Waals surface area contributed by atoms with Crippen molar-refractivity contribution in [2.75, 3.05) is 7.11 Å². The normalized spacial score (nSPS) is 17.6. The lowest BCUT2D eigenvalue weighted by molar-refractivity contribution is -0.135. The average molecular weight is 358 g/mol. The Hall–Kier alpha value is -2.80. The van der Waals surface area contributed by atoms with Crippen LogP contribution < -0.4 is 0 Å². The largest absolute Gasteiger partial charge is 0.506 e. The number of methoxy groups -OCH3 is 1.